The summed E-state index contributed by atoms with van der Waals surface area (Å²) in [5.41, 5.74) is 5.65. The van der Waals surface area contributed by atoms with Crippen LogP contribution in [0.1, 0.15) is 40.0 Å². The van der Waals surface area contributed by atoms with Crippen LogP contribution in [-0.2, 0) is 9.53 Å². The summed E-state index contributed by atoms with van der Waals surface area (Å²) in [5, 5.41) is 0. The molecule has 0 aromatic carbocycles. The van der Waals surface area contributed by atoms with E-state index < -0.39 is 0 Å². The molecular formula is C12H24N2O2. The Labute approximate surface area is 98.1 Å². The molecule has 0 aromatic heterocycles. The van der Waals surface area contributed by atoms with Gasteiger partial charge in [-0.15, -0.1) is 0 Å². The topological polar surface area (TPSA) is 55.6 Å². The smallest absolute Gasteiger partial charge is 0.239 e. The Balaban J connectivity index is 2.46. The average molecular weight is 228 g/mol. The summed E-state index contributed by atoms with van der Waals surface area (Å²) in [6.07, 6.45) is 2.88. The highest BCUT2D eigenvalue weighted by molar-refractivity contribution is 5.81. The number of nitrogens with zero attached hydrogens (tertiary/aromatic N) is 1. The Hall–Kier alpha value is -0.610. The molecule has 1 fully saturated rings. The highest BCUT2D eigenvalue weighted by atomic mass is 16.5. The third-order valence-corrected chi connectivity index (χ3v) is 2.92. The lowest BCUT2D eigenvalue weighted by Gasteiger charge is -2.39. The number of nitrogens with two attached hydrogens (primary N) is 1. The zero-order chi connectivity index (χ0) is 12.2. The Morgan fingerprint density at radius 2 is 2.25 bits per heavy atom. The first-order valence-electron chi connectivity index (χ1n) is 6.14. The van der Waals surface area contributed by atoms with E-state index in [-0.39, 0.29) is 17.6 Å². The van der Waals surface area contributed by atoms with Gasteiger partial charge in [-0.25, -0.2) is 0 Å². The number of hydrogen-bond acceptors (Lipinski definition) is 3. The van der Waals surface area contributed by atoms with Crippen molar-refractivity contribution >= 4 is 5.91 Å². The molecule has 16 heavy (non-hydrogen) atoms. The third kappa shape index (κ3) is 3.76. The van der Waals surface area contributed by atoms with Crippen LogP contribution in [0.5, 0.6) is 0 Å². The number of rotatable bonds is 4. The van der Waals surface area contributed by atoms with Gasteiger partial charge in [0.25, 0.3) is 0 Å². The van der Waals surface area contributed by atoms with Crippen LogP contribution in [0.15, 0.2) is 0 Å². The molecule has 0 aliphatic carbocycles. The molecule has 0 spiro atoms. The van der Waals surface area contributed by atoms with Crippen LogP contribution in [0.4, 0.5) is 0 Å². The van der Waals surface area contributed by atoms with Crippen molar-refractivity contribution in [2.45, 2.75) is 51.7 Å². The van der Waals surface area contributed by atoms with Crippen LogP contribution in [0.3, 0.4) is 0 Å². The van der Waals surface area contributed by atoms with E-state index >= 15 is 0 Å². The van der Waals surface area contributed by atoms with Crippen LogP contribution in [0.25, 0.3) is 0 Å². The normalized spacial score (nSPS) is 21.9. The molecule has 0 radical (unpaired) electrons. The molecule has 94 valence electrons. The molecule has 1 aliphatic rings. The SMILES string of the molecule is CCCC[C@H](N)C(=O)N1CCOC(C)(C)C1. The van der Waals surface area contributed by atoms with Crippen molar-refractivity contribution in [2.24, 2.45) is 5.73 Å². The zero-order valence-corrected chi connectivity index (χ0v) is 10.7. The second kappa shape index (κ2) is 5.64. The summed E-state index contributed by atoms with van der Waals surface area (Å²) in [4.78, 5) is 13.9. The first kappa shape index (κ1) is 13.5. The van der Waals surface area contributed by atoms with E-state index in [9.17, 15) is 4.79 Å². The molecule has 2 N–H and O–H groups in total. The summed E-state index contributed by atoms with van der Waals surface area (Å²) in [6, 6.07) is -0.339. The Morgan fingerprint density at radius 3 is 2.81 bits per heavy atom. The average Bonchev–Trinajstić information content (AvgIpc) is 2.23. The maximum atomic E-state index is 12.0. The maximum Gasteiger partial charge on any atom is 0.239 e. The van der Waals surface area contributed by atoms with Gasteiger partial charge in [0.15, 0.2) is 0 Å². The molecule has 1 saturated heterocycles. The molecule has 0 saturated carbocycles. The molecule has 4 nitrogen and oxygen atoms in total. The molecule has 1 aliphatic heterocycles. The molecule has 4 heteroatoms. The Morgan fingerprint density at radius 1 is 1.56 bits per heavy atom. The van der Waals surface area contributed by atoms with Gasteiger partial charge in [-0.1, -0.05) is 19.8 Å². The lowest BCUT2D eigenvalue weighted by atomic mass is 10.0. The molecule has 0 bridgehead atoms. The number of amides is 1. The van der Waals surface area contributed by atoms with Crippen LogP contribution in [0, 0.1) is 0 Å². The Bertz CT molecular complexity index is 241. The van der Waals surface area contributed by atoms with E-state index in [0.29, 0.717) is 19.7 Å². The quantitative estimate of drug-likeness (QED) is 0.785. The van der Waals surface area contributed by atoms with Gasteiger partial charge in [0.05, 0.1) is 18.2 Å². The second-order valence-electron chi connectivity index (χ2n) is 5.12. The number of morpholine rings is 1. The molecule has 1 amide bonds. The number of hydrogen-bond donors (Lipinski definition) is 1. The van der Waals surface area contributed by atoms with Gasteiger partial charge in [-0.05, 0) is 20.3 Å². The van der Waals surface area contributed by atoms with Gasteiger partial charge >= 0.3 is 0 Å². The van der Waals surface area contributed by atoms with Crippen molar-refractivity contribution in [3.8, 4) is 0 Å². The molecular weight excluding hydrogens is 204 g/mol. The van der Waals surface area contributed by atoms with E-state index in [2.05, 4.69) is 6.92 Å². The van der Waals surface area contributed by atoms with Crippen molar-refractivity contribution in [1.29, 1.82) is 0 Å². The first-order valence-corrected chi connectivity index (χ1v) is 6.14. The third-order valence-electron chi connectivity index (χ3n) is 2.92. The number of carbonyl (C=O) groups is 1. The standard InChI is InChI=1S/C12H24N2O2/c1-4-5-6-10(13)11(15)14-7-8-16-12(2,3)9-14/h10H,4-9,13H2,1-3H3/t10-/m0/s1. The van der Waals surface area contributed by atoms with Gasteiger partial charge in [-0.3, -0.25) is 4.79 Å². The maximum absolute atomic E-state index is 12.0. The predicted octanol–water partition coefficient (Wildman–Crippen LogP) is 1.14. The monoisotopic (exact) mass is 228 g/mol. The highest BCUT2D eigenvalue weighted by Crippen LogP contribution is 2.17. The first-order chi connectivity index (χ1) is 7.46. The lowest BCUT2D eigenvalue weighted by Crippen LogP contribution is -2.54. The van der Waals surface area contributed by atoms with Gasteiger partial charge in [0.2, 0.25) is 5.91 Å². The van der Waals surface area contributed by atoms with Gasteiger partial charge in [-0.2, -0.15) is 0 Å². The molecule has 0 aromatic rings. The fourth-order valence-corrected chi connectivity index (χ4v) is 1.99. The molecule has 1 heterocycles. The number of carbonyl (C=O) groups excluding carboxylic acids is 1. The minimum Gasteiger partial charge on any atom is -0.372 e. The minimum absolute atomic E-state index is 0.0739. The van der Waals surface area contributed by atoms with Crippen LogP contribution in [-0.4, -0.2) is 42.1 Å². The van der Waals surface area contributed by atoms with E-state index in [1.165, 1.54) is 0 Å². The lowest BCUT2D eigenvalue weighted by molar-refractivity contribution is -0.147. The molecule has 0 unspecified atom stereocenters. The van der Waals surface area contributed by atoms with Crippen molar-refractivity contribution in [1.82, 2.24) is 4.90 Å². The van der Waals surface area contributed by atoms with Crippen LogP contribution >= 0.6 is 0 Å². The fourth-order valence-electron chi connectivity index (χ4n) is 1.99. The van der Waals surface area contributed by atoms with Crippen LogP contribution < -0.4 is 5.73 Å². The highest BCUT2D eigenvalue weighted by Gasteiger charge is 2.31. The fraction of sp³-hybridized carbons (Fsp3) is 0.917. The summed E-state index contributed by atoms with van der Waals surface area (Å²) >= 11 is 0. The van der Waals surface area contributed by atoms with Crippen molar-refractivity contribution in [3.63, 3.8) is 0 Å². The Kier molecular flexibility index (Phi) is 4.74. The van der Waals surface area contributed by atoms with E-state index in [1.807, 2.05) is 18.7 Å². The summed E-state index contributed by atoms with van der Waals surface area (Å²) in [6.45, 7) is 8.04. The summed E-state index contributed by atoms with van der Waals surface area (Å²) in [5.74, 6) is 0.0739. The largest absolute Gasteiger partial charge is 0.372 e. The summed E-state index contributed by atoms with van der Waals surface area (Å²) in [7, 11) is 0. The van der Waals surface area contributed by atoms with E-state index in [1.54, 1.807) is 0 Å². The second-order valence-corrected chi connectivity index (χ2v) is 5.12. The van der Waals surface area contributed by atoms with Crippen molar-refractivity contribution in [2.75, 3.05) is 19.7 Å². The predicted molar refractivity (Wildman–Crippen MR) is 64.1 cm³/mol. The summed E-state index contributed by atoms with van der Waals surface area (Å²) < 4.78 is 5.57. The van der Waals surface area contributed by atoms with E-state index in [0.717, 1.165) is 19.3 Å². The minimum atomic E-state index is -0.339. The van der Waals surface area contributed by atoms with E-state index in [4.69, 9.17) is 10.5 Å². The van der Waals surface area contributed by atoms with Crippen molar-refractivity contribution in [3.05, 3.63) is 0 Å². The number of ether oxygens (including phenoxy) is 1. The van der Waals surface area contributed by atoms with Crippen molar-refractivity contribution < 1.29 is 9.53 Å². The van der Waals surface area contributed by atoms with Gasteiger partial charge in [0.1, 0.15) is 0 Å². The van der Waals surface area contributed by atoms with Gasteiger partial charge < -0.3 is 15.4 Å². The van der Waals surface area contributed by atoms with Gasteiger partial charge in [0, 0.05) is 13.1 Å². The number of unbranched alkanes of at least 4 members (excludes halogenated alkanes) is 1. The molecule has 1 atom stereocenters. The van der Waals surface area contributed by atoms with Crippen LogP contribution in [0.2, 0.25) is 0 Å². The molecule has 1 rings (SSSR count). The zero-order valence-electron chi connectivity index (χ0n) is 10.7.